The number of hydrogen-bond acceptors (Lipinski definition) is 4. The topological polar surface area (TPSA) is 47.9 Å². The summed E-state index contributed by atoms with van der Waals surface area (Å²) in [7, 11) is 0. The summed E-state index contributed by atoms with van der Waals surface area (Å²) in [5.74, 6) is 0.245. The number of alkyl halides is 3. The van der Waals surface area contributed by atoms with Gasteiger partial charge in [-0.15, -0.1) is 23.4 Å². The molecule has 4 nitrogen and oxygen atoms in total. The fourth-order valence-corrected chi connectivity index (χ4v) is 1.29. The Kier molecular flexibility index (Phi) is 3.14. The maximum Gasteiger partial charge on any atom is 0.573 e. The van der Waals surface area contributed by atoms with Crippen molar-refractivity contribution in [3.8, 4) is 17.0 Å². The lowest BCUT2D eigenvalue weighted by atomic mass is 10.1. The molecule has 0 fully saturated rings. The quantitative estimate of drug-likeness (QED) is 0.827. The van der Waals surface area contributed by atoms with E-state index in [2.05, 4.69) is 19.9 Å². The lowest BCUT2D eigenvalue weighted by Gasteiger charge is -2.08. The first-order valence-electron chi connectivity index (χ1n) is 4.96. The summed E-state index contributed by atoms with van der Waals surface area (Å²) in [6.07, 6.45) is -3.19. The van der Waals surface area contributed by atoms with Gasteiger partial charge in [0.15, 0.2) is 0 Å². The Balaban J connectivity index is 2.20. The van der Waals surface area contributed by atoms with Crippen molar-refractivity contribution < 1.29 is 17.9 Å². The van der Waals surface area contributed by atoms with Crippen LogP contribution >= 0.6 is 0 Å². The van der Waals surface area contributed by atoms with Crippen LogP contribution in [0.15, 0.2) is 30.5 Å². The van der Waals surface area contributed by atoms with E-state index in [1.807, 2.05) is 0 Å². The Morgan fingerprint density at radius 3 is 2.22 bits per heavy atom. The molecule has 2 rings (SSSR count). The highest BCUT2D eigenvalue weighted by atomic mass is 19.4. The summed E-state index contributed by atoms with van der Waals surface area (Å²) in [5, 5.41) is 7.64. The maximum absolute atomic E-state index is 12.0. The molecule has 1 heterocycles. The number of benzene rings is 1. The van der Waals surface area contributed by atoms with Crippen molar-refractivity contribution in [2.24, 2.45) is 0 Å². The first-order valence-corrected chi connectivity index (χ1v) is 4.96. The van der Waals surface area contributed by atoms with E-state index in [1.165, 1.54) is 30.5 Å². The van der Waals surface area contributed by atoms with Gasteiger partial charge in [-0.25, -0.2) is 4.98 Å². The first-order chi connectivity index (χ1) is 8.44. The van der Waals surface area contributed by atoms with E-state index in [4.69, 9.17) is 0 Å². The van der Waals surface area contributed by atoms with Crippen LogP contribution in [0, 0.1) is 6.92 Å². The van der Waals surface area contributed by atoms with Crippen molar-refractivity contribution in [1.82, 2.24) is 15.2 Å². The van der Waals surface area contributed by atoms with Gasteiger partial charge in [-0.2, -0.15) is 0 Å². The van der Waals surface area contributed by atoms with E-state index in [0.717, 1.165) is 0 Å². The van der Waals surface area contributed by atoms with Crippen molar-refractivity contribution in [3.05, 3.63) is 36.3 Å². The normalized spacial score (nSPS) is 11.3. The van der Waals surface area contributed by atoms with Crippen molar-refractivity contribution in [2.45, 2.75) is 13.3 Å². The summed E-state index contributed by atoms with van der Waals surface area (Å²) >= 11 is 0. The number of nitrogens with zero attached hydrogens (tertiary/aromatic N) is 3. The third kappa shape index (κ3) is 3.16. The second-order valence-corrected chi connectivity index (χ2v) is 3.46. The molecule has 1 aromatic heterocycles. The average molecular weight is 255 g/mol. The molecule has 0 radical (unpaired) electrons. The Hall–Kier alpha value is -2.18. The van der Waals surface area contributed by atoms with Crippen molar-refractivity contribution in [3.63, 3.8) is 0 Å². The van der Waals surface area contributed by atoms with E-state index in [1.54, 1.807) is 6.92 Å². The molecular formula is C11H8F3N3O. The second kappa shape index (κ2) is 4.59. The van der Waals surface area contributed by atoms with Gasteiger partial charge in [0, 0.05) is 5.56 Å². The van der Waals surface area contributed by atoms with E-state index < -0.39 is 6.36 Å². The summed E-state index contributed by atoms with van der Waals surface area (Å²) in [5.41, 5.74) is 1.10. The summed E-state index contributed by atoms with van der Waals surface area (Å²) in [6, 6.07) is 5.35. The Morgan fingerprint density at radius 1 is 1.06 bits per heavy atom. The van der Waals surface area contributed by atoms with Crippen molar-refractivity contribution >= 4 is 0 Å². The zero-order chi connectivity index (χ0) is 13.2. The number of halogens is 3. The highest BCUT2D eigenvalue weighted by molar-refractivity contribution is 5.58. The minimum Gasteiger partial charge on any atom is -0.406 e. The van der Waals surface area contributed by atoms with Gasteiger partial charge in [0.1, 0.15) is 17.3 Å². The fraction of sp³-hybridized carbons (Fsp3) is 0.182. The first kappa shape index (κ1) is 12.3. The van der Waals surface area contributed by atoms with Gasteiger partial charge in [0.05, 0.1) is 6.20 Å². The molecule has 0 bridgehead atoms. The van der Waals surface area contributed by atoms with Crippen molar-refractivity contribution in [1.29, 1.82) is 0 Å². The lowest BCUT2D eigenvalue weighted by molar-refractivity contribution is -0.274. The molecule has 2 aromatic rings. The molecule has 0 atom stereocenters. The standard InChI is InChI=1S/C11H8F3N3O/c1-7-15-6-10(17-16-7)8-2-4-9(5-3-8)18-11(12,13)14/h2-6H,1H3. The molecule has 0 N–H and O–H groups in total. The number of ether oxygens (including phenoxy) is 1. The monoisotopic (exact) mass is 255 g/mol. The minimum absolute atomic E-state index is 0.278. The third-order valence-electron chi connectivity index (χ3n) is 2.06. The highest BCUT2D eigenvalue weighted by Crippen LogP contribution is 2.25. The molecule has 0 saturated heterocycles. The second-order valence-electron chi connectivity index (χ2n) is 3.46. The molecule has 18 heavy (non-hydrogen) atoms. The molecule has 0 amide bonds. The third-order valence-corrected chi connectivity index (χ3v) is 2.06. The summed E-state index contributed by atoms with van der Waals surface area (Å²) in [6.45, 7) is 1.69. The number of hydrogen-bond donors (Lipinski definition) is 0. The zero-order valence-corrected chi connectivity index (χ0v) is 9.27. The number of rotatable bonds is 2. The van der Waals surface area contributed by atoms with Crippen LogP contribution in [-0.4, -0.2) is 21.5 Å². The fourth-order valence-electron chi connectivity index (χ4n) is 1.29. The van der Waals surface area contributed by atoms with Gasteiger partial charge in [-0.1, -0.05) is 0 Å². The molecule has 0 saturated carbocycles. The summed E-state index contributed by atoms with van der Waals surface area (Å²) < 4.78 is 39.6. The molecule has 1 aromatic carbocycles. The SMILES string of the molecule is Cc1ncc(-c2ccc(OC(F)(F)F)cc2)nn1. The largest absolute Gasteiger partial charge is 0.573 e. The number of aromatic nitrogens is 3. The van der Waals surface area contributed by atoms with Crippen LogP contribution in [0.4, 0.5) is 13.2 Å². The van der Waals surface area contributed by atoms with Gasteiger partial charge >= 0.3 is 6.36 Å². The van der Waals surface area contributed by atoms with Crippen LogP contribution in [0.3, 0.4) is 0 Å². The molecule has 0 aliphatic carbocycles. The Labute approximate surface area is 100 Å². The van der Waals surface area contributed by atoms with Gasteiger partial charge in [-0.05, 0) is 31.2 Å². The lowest BCUT2D eigenvalue weighted by Crippen LogP contribution is -2.16. The predicted octanol–water partition coefficient (Wildman–Crippen LogP) is 2.75. The molecule has 94 valence electrons. The highest BCUT2D eigenvalue weighted by Gasteiger charge is 2.30. The molecule has 0 unspecified atom stereocenters. The van der Waals surface area contributed by atoms with Crippen LogP contribution in [0.5, 0.6) is 5.75 Å². The van der Waals surface area contributed by atoms with E-state index in [9.17, 15) is 13.2 Å². The van der Waals surface area contributed by atoms with Crippen LogP contribution in [0.2, 0.25) is 0 Å². The number of aryl methyl sites for hydroxylation is 1. The predicted molar refractivity (Wildman–Crippen MR) is 56.7 cm³/mol. The summed E-state index contributed by atoms with van der Waals surface area (Å²) in [4.78, 5) is 3.95. The van der Waals surface area contributed by atoms with Crippen LogP contribution < -0.4 is 4.74 Å². The van der Waals surface area contributed by atoms with Gasteiger partial charge in [0.2, 0.25) is 0 Å². The zero-order valence-electron chi connectivity index (χ0n) is 9.27. The van der Waals surface area contributed by atoms with Crippen LogP contribution in [-0.2, 0) is 0 Å². The molecular weight excluding hydrogens is 247 g/mol. The van der Waals surface area contributed by atoms with Gasteiger partial charge < -0.3 is 4.74 Å². The van der Waals surface area contributed by atoms with Crippen LogP contribution in [0.25, 0.3) is 11.3 Å². The molecule has 7 heteroatoms. The maximum atomic E-state index is 12.0. The van der Waals surface area contributed by atoms with Gasteiger partial charge in [-0.3, -0.25) is 0 Å². The van der Waals surface area contributed by atoms with Gasteiger partial charge in [0.25, 0.3) is 0 Å². The van der Waals surface area contributed by atoms with E-state index in [0.29, 0.717) is 17.1 Å². The van der Waals surface area contributed by atoms with E-state index in [-0.39, 0.29) is 5.75 Å². The van der Waals surface area contributed by atoms with E-state index >= 15 is 0 Å². The Morgan fingerprint density at radius 2 is 1.72 bits per heavy atom. The minimum atomic E-state index is -4.69. The molecule has 0 spiro atoms. The van der Waals surface area contributed by atoms with Crippen LogP contribution in [0.1, 0.15) is 5.82 Å². The average Bonchev–Trinajstić information content (AvgIpc) is 2.29. The smallest absolute Gasteiger partial charge is 0.406 e. The van der Waals surface area contributed by atoms with Crippen molar-refractivity contribution in [2.75, 3.05) is 0 Å². The Bertz CT molecular complexity index is 523. The molecule has 0 aliphatic heterocycles. The molecule has 0 aliphatic rings.